The summed E-state index contributed by atoms with van der Waals surface area (Å²) in [6, 6.07) is 0. The fourth-order valence-electron chi connectivity index (χ4n) is 10.5. The lowest BCUT2D eigenvalue weighted by Crippen LogP contribution is -2.30. The van der Waals surface area contributed by atoms with Gasteiger partial charge in [-0.3, -0.25) is 14.4 Å². The molecule has 6 nitrogen and oxygen atoms in total. The summed E-state index contributed by atoms with van der Waals surface area (Å²) in [5.41, 5.74) is 0. The summed E-state index contributed by atoms with van der Waals surface area (Å²) >= 11 is 0. The van der Waals surface area contributed by atoms with E-state index in [9.17, 15) is 14.4 Å². The number of carbonyl (C=O) groups excluding carboxylic acids is 3. The third-order valence-corrected chi connectivity index (χ3v) is 15.8. The van der Waals surface area contributed by atoms with Crippen molar-refractivity contribution in [3.63, 3.8) is 0 Å². The normalized spacial score (nSPS) is 12.3. The molecule has 462 valence electrons. The van der Waals surface area contributed by atoms with Gasteiger partial charge in [-0.2, -0.15) is 0 Å². The number of hydrogen-bond acceptors (Lipinski definition) is 6. The topological polar surface area (TPSA) is 78.9 Å². The first-order chi connectivity index (χ1) is 39.0. The highest BCUT2D eigenvalue weighted by Crippen LogP contribution is 2.18. The summed E-state index contributed by atoms with van der Waals surface area (Å²) in [5, 5.41) is 0. The zero-order valence-electron chi connectivity index (χ0n) is 53.2. The first-order valence-electron chi connectivity index (χ1n) is 35.1. The van der Waals surface area contributed by atoms with E-state index in [1.165, 1.54) is 263 Å². The smallest absolute Gasteiger partial charge is 0.306 e. The van der Waals surface area contributed by atoms with E-state index in [1.807, 2.05) is 0 Å². The zero-order chi connectivity index (χ0) is 57.1. The van der Waals surface area contributed by atoms with Crippen LogP contribution in [-0.4, -0.2) is 37.2 Å². The Morgan fingerprint density at radius 2 is 0.456 bits per heavy atom. The quantitative estimate of drug-likeness (QED) is 0.0261. The molecule has 0 N–H and O–H groups in total. The van der Waals surface area contributed by atoms with Crippen LogP contribution in [0.4, 0.5) is 0 Å². The van der Waals surface area contributed by atoms with Gasteiger partial charge in [-0.25, -0.2) is 0 Å². The Morgan fingerprint density at radius 3 is 0.747 bits per heavy atom. The zero-order valence-corrected chi connectivity index (χ0v) is 53.2. The van der Waals surface area contributed by atoms with E-state index >= 15 is 0 Å². The van der Waals surface area contributed by atoms with E-state index < -0.39 is 6.10 Å². The molecule has 0 spiro atoms. The van der Waals surface area contributed by atoms with Crippen molar-refractivity contribution in [3.8, 4) is 0 Å². The van der Waals surface area contributed by atoms with Crippen molar-refractivity contribution in [2.24, 2.45) is 0 Å². The number of carbonyl (C=O) groups is 3. The molecule has 79 heavy (non-hydrogen) atoms. The van der Waals surface area contributed by atoms with Crippen molar-refractivity contribution >= 4 is 17.9 Å². The summed E-state index contributed by atoms with van der Waals surface area (Å²) in [7, 11) is 0. The van der Waals surface area contributed by atoms with Gasteiger partial charge in [-0.15, -0.1) is 0 Å². The van der Waals surface area contributed by atoms with Crippen LogP contribution in [0, 0.1) is 0 Å². The molecule has 1 atom stereocenters. The third kappa shape index (κ3) is 66.1. The van der Waals surface area contributed by atoms with Crippen molar-refractivity contribution < 1.29 is 28.6 Å². The van der Waals surface area contributed by atoms with Gasteiger partial charge >= 0.3 is 17.9 Å². The maximum absolute atomic E-state index is 13.0. The van der Waals surface area contributed by atoms with Crippen LogP contribution < -0.4 is 0 Å². The van der Waals surface area contributed by atoms with Gasteiger partial charge in [0.05, 0.1) is 0 Å². The molecule has 0 rings (SSSR count). The lowest BCUT2D eigenvalue weighted by Gasteiger charge is -2.18. The average molecular weight is 1110 g/mol. The van der Waals surface area contributed by atoms with Crippen LogP contribution in [0.3, 0.4) is 0 Å². The predicted molar refractivity (Wildman–Crippen MR) is 344 cm³/mol. The van der Waals surface area contributed by atoms with Gasteiger partial charge in [0, 0.05) is 19.3 Å². The molecule has 0 heterocycles. The Balaban J connectivity index is 4.35. The Labute approximate surface area is 492 Å². The number of rotatable bonds is 65. The molecule has 0 aromatic heterocycles. The van der Waals surface area contributed by atoms with Gasteiger partial charge < -0.3 is 14.2 Å². The van der Waals surface area contributed by atoms with Gasteiger partial charge in [0.2, 0.25) is 0 Å². The monoisotopic (exact) mass is 1110 g/mol. The molecule has 0 aliphatic heterocycles. The van der Waals surface area contributed by atoms with Gasteiger partial charge in [0.15, 0.2) is 6.10 Å². The lowest BCUT2D eigenvalue weighted by atomic mass is 10.0. The maximum atomic E-state index is 13.0. The van der Waals surface area contributed by atoms with Crippen molar-refractivity contribution in [1.29, 1.82) is 0 Å². The minimum Gasteiger partial charge on any atom is -0.462 e. The first kappa shape index (κ1) is 76.4. The van der Waals surface area contributed by atoms with Crippen LogP contribution in [0.15, 0.2) is 48.6 Å². The molecular formula is C73H134O6. The molecular weight excluding hydrogens is 973 g/mol. The number of allylic oxidation sites excluding steroid dienone is 8. The second kappa shape index (κ2) is 67.9. The van der Waals surface area contributed by atoms with Crippen LogP contribution in [-0.2, 0) is 28.6 Å². The molecule has 0 fully saturated rings. The molecule has 6 heteroatoms. The summed E-state index contributed by atoms with van der Waals surface area (Å²) in [4.78, 5) is 38.5. The molecule has 1 unspecified atom stereocenters. The van der Waals surface area contributed by atoms with Crippen molar-refractivity contribution in [3.05, 3.63) is 48.6 Å². The van der Waals surface area contributed by atoms with E-state index in [2.05, 4.69) is 69.4 Å². The Morgan fingerprint density at radius 1 is 0.253 bits per heavy atom. The Kier molecular flexibility index (Phi) is 65.6. The largest absolute Gasteiger partial charge is 0.462 e. The van der Waals surface area contributed by atoms with Crippen LogP contribution in [0.2, 0.25) is 0 Å². The second-order valence-electron chi connectivity index (χ2n) is 23.8. The van der Waals surface area contributed by atoms with E-state index in [0.717, 1.165) is 77.0 Å². The molecule has 0 amide bonds. The van der Waals surface area contributed by atoms with E-state index in [-0.39, 0.29) is 31.1 Å². The SMILES string of the molecule is CCCCC/C=C\C/C=C\C/C=C\CCCCCCCCC(=O)OCC(COC(=O)CCCCCCCCCCC/C=C\CCCCCCCCCC)OC(=O)CCCCCCCCCCCCCCCCCCCCCCC. The average Bonchev–Trinajstić information content (AvgIpc) is 3.45. The van der Waals surface area contributed by atoms with Gasteiger partial charge in [-0.1, -0.05) is 326 Å². The molecule has 0 radical (unpaired) electrons. The Bertz CT molecular complexity index is 1360. The van der Waals surface area contributed by atoms with E-state index in [4.69, 9.17) is 14.2 Å². The van der Waals surface area contributed by atoms with Crippen LogP contribution in [0.25, 0.3) is 0 Å². The van der Waals surface area contributed by atoms with Crippen LogP contribution >= 0.6 is 0 Å². The highest BCUT2D eigenvalue weighted by atomic mass is 16.6. The highest BCUT2D eigenvalue weighted by Gasteiger charge is 2.19. The van der Waals surface area contributed by atoms with Gasteiger partial charge in [-0.05, 0) is 83.5 Å². The molecule has 0 aliphatic carbocycles. The molecule has 0 saturated carbocycles. The van der Waals surface area contributed by atoms with Crippen molar-refractivity contribution in [1.82, 2.24) is 0 Å². The predicted octanol–water partition coefficient (Wildman–Crippen LogP) is 24.1. The van der Waals surface area contributed by atoms with E-state index in [1.54, 1.807) is 0 Å². The third-order valence-electron chi connectivity index (χ3n) is 15.8. The van der Waals surface area contributed by atoms with Crippen molar-refractivity contribution in [2.45, 2.75) is 386 Å². The highest BCUT2D eigenvalue weighted by molar-refractivity contribution is 5.71. The Hall–Kier alpha value is -2.63. The lowest BCUT2D eigenvalue weighted by molar-refractivity contribution is -0.167. The fourth-order valence-corrected chi connectivity index (χ4v) is 10.5. The standard InChI is InChI=1S/C73H134O6/c1-4-7-10-13-16-19-22-25-28-31-34-36-39-42-45-48-51-54-57-60-63-66-72(75)78-69-70(68-77-71(74)65-62-59-56-53-50-47-44-41-38-33-30-27-24-21-18-15-12-9-6-3)79-73(76)67-64-61-58-55-52-49-46-43-40-37-35-32-29-26-23-20-17-14-11-8-5-2/h18,21,27,30-31,34,38,41,70H,4-17,19-20,22-26,28-29,32-33,35-37,39-40,42-69H2,1-3H3/b21-18-,30-27-,34-31-,41-38-. The number of esters is 3. The van der Waals surface area contributed by atoms with Crippen molar-refractivity contribution in [2.75, 3.05) is 13.2 Å². The molecule has 0 aliphatic rings. The molecule has 0 aromatic rings. The summed E-state index contributed by atoms with van der Waals surface area (Å²) < 4.78 is 17.0. The molecule has 0 bridgehead atoms. The van der Waals surface area contributed by atoms with Crippen LogP contribution in [0.1, 0.15) is 380 Å². The van der Waals surface area contributed by atoms with Gasteiger partial charge in [0.25, 0.3) is 0 Å². The molecule has 0 aromatic carbocycles. The minimum absolute atomic E-state index is 0.0745. The summed E-state index contributed by atoms with van der Waals surface area (Å²) in [6.45, 7) is 6.67. The minimum atomic E-state index is -0.779. The second-order valence-corrected chi connectivity index (χ2v) is 23.8. The fraction of sp³-hybridized carbons (Fsp3) is 0.849. The number of ether oxygens (including phenoxy) is 3. The number of hydrogen-bond donors (Lipinski definition) is 0. The van der Waals surface area contributed by atoms with Crippen LogP contribution in [0.5, 0.6) is 0 Å². The first-order valence-corrected chi connectivity index (χ1v) is 35.1. The number of unbranched alkanes of at least 4 members (excludes halogenated alkanes) is 46. The summed E-state index contributed by atoms with van der Waals surface area (Å²) in [5.74, 6) is -0.862. The summed E-state index contributed by atoms with van der Waals surface area (Å²) in [6.07, 6.45) is 85.5. The van der Waals surface area contributed by atoms with Gasteiger partial charge in [0.1, 0.15) is 13.2 Å². The maximum Gasteiger partial charge on any atom is 0.306 e. The van der Waals surface area contributed by atoms with E-state index in [0.29, 0.717) is 19.3 Å². The molecule has 0 saturated heterocycles.